The van der Waals surface area contributed by atoms with Crippen molar-refractivity contribution >= 4 is 17.5 Å². The fraction of sp³-hybridized carbons (Fsp3) is 0.250. The molecule has 2 amide bonds. The fourth-order valence-electron chi connectivity index (χ4n) is 3.03. The molecule has 2 N–H and O–H groups in total. The van der Waals surface area contributed by atoms with E-state index >= 15 is 0 Å². The first-order chi connectivity index (χ1) is 13.0. The molecule has 6 nitrogen and oxygen atoms in total. The Morgan fingerprint density at radius 1 is 1.26 bits per heavy atom. The molecule has 0 atom stereocenters. The van der Waals surface area contributed by atoms with Crippen molar-refractivity contribution in [2.24, 2.45) is 5.10 Å². The van der Waals surface area contributed by atoms with Crippen molar-refractivity contribution in [2.45, 2.75) is 26.2 Å². The zero-order valence-corrected chi connectivity index (χ0v) is 15.0. The molecule has 3 rings (SSSR count). The third-order valence-corrected chi connectivity index (χ3v) is 4.34. The van der Waals surface area contributed by atoms with Crippen molar-refractivity contribution in [2.75, 3.05) is 6.54 Å². The van der Waals surface area contributed by atoms with Gasteiger partial charge in [0, 0.05) is 29.7 Å². The number of halogens is 1. The van der Waals surface area contributed by atoms with Gasteiger partial charge in [-0.3, -0.25) is 9.59 Å². The predicted molar refractivity (Wildman–Crippen MR) is 99.3 cm³/mol. The Morgan fingerprint density at radius 3 is 2.70 bits per heavy atom. The van der Waals surface area contributed by atoms with Gasteiger partial charge in [-0.2, -0.15) is 5.10 Å². The predicted octanol–water partition coefficient (Wildman–Crippen LogP) is 3.11. The van der Waals surface area contributed by atoms with E-state index in [4.69, 9.17) is 4.42 Å². The maximum atomic E-state index is 13.0. The number of hydrogen-bond acceptors (Lipinski definition) is 4. The van der Waals surface area contributed by atoms with Crippen LogP contribution in [0.2, 0.25) is 0 Å². The summed E-state index contributed by atoms with van der Waals surface area (Å²) in [6.45, 7) is 5.72. The lowest BCUT2D eigenvalue weighted by molar-refractivity contribution is 0.0926. The molecule has 1 aromatic carbocycles. The van der Waals surface area contributed by atoms with Crippen LogP contribution in [-0.4, -0.2) is 24.1 Å². The van der Waals surface area contributed by atoms with Crippen molar-refractivity contribution in [1.29, 1.82) is 0 Å². The maximum absolute atomic E-state index is 13.0. The van der Waals surface area contributed by atoms with Gasteiger partial charge in [-0.15, -0.1) is 6.58 Å². The molecule has 1 heterocycles. The molecule has 0 radical (unpaired) electrons. The van der Waals surface area contributed by atoms with Gasteiger partial charge >= 0.3 is 0 Å². The molecule has 1 aliphatic rings. The minimum atomic E-state index is -0.431. The number of aryl methyl sites for hydroxylation is 1. The zero-order chi connectivity index (χ0) is 19.4. The summed E-state index contributed by atoms with van der Waals surface area (Å²) in [4.78, 5) is 24.4. The number of hydrazone groups is 1. The summed E-state index contributed by atoms with van der Waals surface area (Å²) >= 11 is 0. The molecule has 1 aromatic heterocycles. The average molecular weight is 369 g/mol. The van der Waals surface area contributed by atoms with Crippen molar-refractivity contribution in [1.82, 2.24) is 10.7 Å². The molecule has 140 valence electrons. The number of fused-ring (bicyclic) bond motifs is 1. The number of benzene rings is 1. The van der Waals surface area contributed by atoms with Crippen LogP contribution in [0.1, 0.15) is 50.6 Å². The molecule has 7 heteroatoms. The molecule has 0 unspecified atom stereocenters. The van der Waals surface area contributed by atoms with E-state index in [1.807, 2.05) is 0 Å². The number of hydrogen-bond donors (Lipinski definition) is 2. The quantitative estimate of drug-likeness (QED) is 0.627. The van der Waals surface area contributed by atoms with E-state index in [0.29, 0.717) is 42.0 Å². The largest absolute Gasteiger partial charge is 0.455 e. The fourth-order valence-corrected chi connectivity index (χ4v) is 3.03. The summed E-state index contributed by atoms with van der Waals surface area (Å²) in [5, 5.41) is 6.93. The van der Waals surface area contributed by atoms with Crippen molar-refractivity contribution in [3.05, 3.63) is 70.9 Å². The lowest BCUT2D eigenvalue weighted by Gasteiger charge is -2.13. The van der Waals surface area contributed by atoms with Gasteiger partial charge in [-0.05, 0) is 44.0 Å². The van der Waals surface area contributed by atoms with Gasteiger partial charge in [0.1, 0.15) is 11.6 Å². The van der Waals surface area contributed by atoms with Crippen LogP contribution < -0.4 is 10.7 Å². The monoisotopic (exact) mass is 369 g/mol. The lowest BCUT2D eigenvalue weighted by Crippen LogP contribution is -2.24. The molecule has 2 aromatic rings. The highest BCUT2D eigenvalue weighted by Gasteiger charge is 2.27. The highest BCUT2D eigenvalue weighted by Crippen LogP contribution is 2.29. The van der Waals surface area contributed by atoms with E-state index in [-0.39, 0.29) is 11.7 Å². The first-order valence-corrected chi connectivity index (χ1v) is 8.65. The van der Waals surface area contributed by atoms with Crippen molar-refractivity contribution in [3.8, 4) is 0 Å². The maximum Gasteiger partial charge on any atom is 0.287 e. The molecular weight excluding hydrogens is 349 g/mol. The van der Waals surface area contributed by atoms with Crippen LogP contribution in [-0.2, 0) is 6.42 Å². The van der Waals surface area contributed by atoms with Gasteiger partial charge in [0.05, 0.1) is 5.71 Å². The average Bonchev–Trinajstić information content (AvgIpc) is 3.02. The van der Waals surface area contributed by atoms with E-state index in [1.54, 1.807) is 13.0 Å². The second kappa shape index (κ2) is 7.99. The third kappa shape index (κ3) is 3.97. The number of rotatable bonds is 5. The van der Waals surface area contributed by atoms with Gasteiger partial charge in [0.25, 0.3) is 11.8 Å². The molecule has 0 saturated carbocycles. The van der Waals surface area contributed by atoms with E-state index < -0.39 is 11.7 Å². The van der Waals surface area contributed by atoms with Gasteiger partial charge in [-0.1, -0.05) is 6.08 Å². The summed E-state index contributed by atoms with van der Waals surface area (Å²) in [5.74, 6) is -0.208. The Balaban J connectivity index is 1.83. The molecule has 0 fully saturated rings. The molecule has 27 heavy (non-hydrogen) atoms. The number of carbonyl (C=O) groups is 2. The van der Waals surface area contributed by atoms with Crippen LogP contribution in [0.5, 0.6) is 0 Å². The normalized spacial score (nSPS) is 14.5. The van der Waals surface area contributed by atoms with Crippen LogP contribution in [0, 0.1) is 12.7 Å². The van der Waals surface area contributed by atoms with Crippen molar-refractivity contribution in [3.63, 3.8) is 0 Å². The highest BCUT2D eigenvalue weighted by atomic mass is 19.1. The van der Waals surface area contributed by atoms with Gasteiger partial charge in [0.15, 0.2) is 5.76 Å². The van der Waals surface area contributed by atoms with Crippen molar-refractivity contribution < 1.29 is 18.4 Å². The standard InChI is InChI=1S/C20H20FN3O3/c1-3-11-22-20(26)18-12(2)17-15(5-4-6-16(17)27-18)23-24-19(25)13-7-9-14(21)10-8-13/h3,7-10H,1,4-6,11H2,2H3,(H,22,26)(H,24,25)/b23-15+. The smallest absolute Gasteiger partial charge is 0.287 e. The van der Waals surface area contributed by atoms with E-state index in [2.05, 4.69) is 22.4 Å². The number of nitrogens with zero attached hydrogens (tertiary/aromatic N) is 1. The number of nitrogens with one attached hydrogen (secondary N) is 2. The summed E-state index contributed by atoms with van der Waals surface area (Å²) < 4.78 is 18.7. The molecule has 0 saturated heterocycles. The summed E-state index contributed by atoms with van der Waals surface area (Å²) in [6, 6.07) is 5.22. The summed E-state index contributed by atoms with van der Waals surface area (Å²) in [6.07, 6.45) is 3.76. The SMILES string of the molecule is C=CCNC(=O)c1oc2c(c1C)/C(=N/NC(=O)c1ccc(F)cc1)CCC2. The topological polar surface area (TPSA) is 83.7 Å². The first-order valence-electron chi connectivity index (χ1n) is 8.65. The third-order valence-electron chi connectivity index (χ3n) is 4.34. The van der Waals surface area contributed by atoms with Crippen LogP contribution in [0.15, 0.2) is 46.4 Å². The Morgan fingerprint density at radius 2 is 2.00 bits per heavy atom. The summed E-state index contributed by atoms with van der Waals surface area (Å²) in [5.41, 5.74) is 4.94. The van der Waals surface area contributed by atoms with Crippen LogP contribution in [0.25, 0.3) is 0 Å². The minimum absolute atomic E-state index is 0.251. The van der Waals surface area contributed by atoms with Crippen LogP contribution in [0.4, 0.5) is 4.39 Å². The minimum Gasteiger partial charge on any atom is -0.455 e. The Kier molecular flexibility index (Phi) is 5.49. The van der Waals surface area contributed by atoms with Gasteiger partial charge in [0.2, 0.25) is 0 Å². The number of furan rings is 1. The van der Waals surface area contributed by atoms with Crippen LogP contribution in [0.3, 0.4) is 0 Å². The first kappa shape index (κ1) is 18.6. The molecule has 0 bridgehead atoms. The van der Waals surface area contributed by atoms with E-state index in [9.17, 15) is 14.0 Å². The molecule has 0 aliphatic heterocycles. The Labute approximate surface area is 156 Å². The van der Waals surface area contributed by atoms with Crippen LogP contribution >= 0.6 is 0 Å². The second-order valence-corrected chi connectivity index (χ2v) is 6.21. The van der Waals surface area contributed by atoms with E-state index in [1.165, 1.54) is 24.3 Å². The molecule has 1 aliphatic carbocycles. The Hall–Kier alpha value is -3.22. The highest BCUT2D eigenvalue weighted by molar-refractivity contribution is 6.07. The number of carbonyl (C=O) groups excluding carboxylic acids is 2. The zero-order valence-electron chi connectivity index (χ0n) is 15.0. The second-order valence-electron chi connectivity index (χ2n) is 6.21. The van der Waals surface area contributed by atoms with E-state index in [0.717, 1.165) is 12.0 Å². The molecule has 0 spiro atoms. The van der Waals surface area contributed by atoms with Gasteiger partial charge < -0.3 is 9.73 Å². The Bertz CT molecular complexity index is 913. The number of amides is 2. The van der Waals surface area contributed by atoms with Gasteiger partial charge in [-0.25, -0.2) is 9.82 Å². The molecular formula is C20H20FN3O3. The summed E-state index contributed by atoms with van der Waals surface area (Å²) in [7, 11) is 0. The lowest BCUT2D eigenvalue weighted by atomic mass is 9.93.